The molecule has 0 saturated carbocycles. The van der Waals surface area contributed by atoms with Gasteiger partial charge in [0, 0.05) is 0 Å². The molecule has 0 aromatic heterocycles. The van der Waals surface area contributed by atoms with E-state index in [9.17, 15) is 5.11 Å². The van der Waals surface area contributed by atoms with Gasteiger partial charge in [-0.25, -0.2) is 0 Å². The minimum absolute atomic E-state index is 0. The highest BCUT2D eigenvalue weighted by atomic mass is 79.9. The summed E-state index contributed by atoms with van der Waals surface area (Å²) in [5.41, 5.74) is 0. The van der Waals surface area contributed by atoms with Crippen LogP contribution in [0.4, 0.5) is 0 Å². The lowest BCUT2D eigenvalue weighted by atomic mass is 10.2. The zero-order chi connectivity index (χ0) is 19.0. The summed E-state index contributed by atoms with van der Waals surface area (Å²) in [6.07, 6.45) is 6.32. The third-order valence-electron chi connectivity index (χ3n) is 4.89. The summed E-state index contributed by atoms with van der Waals surface area (Å²) in [6, 6.07) is 32.2. The average Bonchev–Trinajstić information content (AvgIpc) is 2.74. The number of hydrogen-bond donors (Lipinski definition) is 1. The summed E-state index contributed by atoms with van der Waals surface area (Å²) in [6.45, 7) is 2.12. The van der Waals surface area contributed by atoms with Crippen LogP contribution in [0, 0.1) is 0 Å². The van der Waals surface area contributed by atoms with Gasteiger partial charge in [-0.1, -0.05) is 73.7 Å². The summed E-state index contributed by atoms with van der Waals surface area (Å²) in [4.78, 5) is 0. The lowest BCUT2D eigenvalue weighted by Crippen LogP contribution is -3.00. The van der Waals surface area contributed by atoms with E-state index in [4.69, 9.17) is 0 Å². The lowest BCUT2D eigenvalue weighted by Gasteiger charge is -2.29. The van der Waals surface area contributed by atoms with E-state index in [2.05, 4.69) is 110 Å². The van der Waals surface area contributed by atoms with Gasteiger partial charge in [0.05, 0.1) is 12.3 Å². The Bertz CT molecular complexity index is 738. The van der Waals surface area contributed by atoms with Gasteiger partial charge >= 0.3 is 0 Å². The van der Waals surface area contributed by atoms with Gasteiger partial charge in [0.25, 0.3) is 0 Å². The molecule has 28 heavy (non-hydrogen) atoms. The number of rotatable bonds is 8. The molecule has 3 rings (SSSR count). The fourth-order valence-electron chi connectivity index (χ4n) is 3.62. The van der Waals surface area contributed by atoms with Crippen LogP contribution < -0.4 is 32.9 Å². The van der Waals surface area contributed by atoms with Crippen LogP contribution in [0.25, 0.3) is 0 Å². The van der Waals surface area contributed by atoms with Crippen LogP contribution in [0.3, 0.4) is 0 Å². The summed E-state index contributed by atoms with van der Waals surface area (Å²) in [5, 5.41) is 14.9. The largest absolute Gasteiger partial charge is 1.00 e. The molecule has 0 fully saturated rings. The Labute approximate surface area is 180 Å². The monoisotopic (exact) mass is 454 g/mol. The predicted molar refractivity (Wildman–Crippen MR) is 120 cm³/mol. The molecule has 0 heterocycles. The van der Waals surface area contributed by atoms with E-state index < -0.39 is 7.26 Å². The molecule has 1 atom stereocenters. The lowest BCUT2D eigenvalue weighted by molar-refractivity contribution is -0.00000749. The van der Waals surface area contributed by atoms with Crippen molar-refractivity contribution in [3.05, 3.63) is 103 Å². The third-order valence-corrected chi connectivity index (χ3v) is 9.39. The maximum Gasteiger partial charge on any atom is 0.114 e. The van der Waals surface area contributed by atoms with Crippen LogP contribution in [-0.4, -0.2) is 17.4 Å². The molecule has 3 aromatic carbocycles. The van der Waals surface area contributed by atoms with Crippen molar-refractivity contribution in [2.24, 2.45) is 0 Å². The highest BCUT2D eigenvalue weighted by Crippen LogP contribution is 2.55. The van der Waals surface area contributed by atoms with Gasteiger partial charge in [-0.2, -0.15) is 0 Å². The minimum atomic E-state index is -1.94. The maximum absolute atomic E-state index is 11.0. The van der Waals surface area contributed by atoms with Crippen LogP contribution in [0.1, 0.15) is 19.8 Å². The molecule has 0 unspecified atom stereocenters. The standard InChI is InChI=1S/C25H28OP.BrH/c1-2-3-7-14-22(26)21-27(23-15-8-4-9-16-23,24-17-10-5-11-18-24)25-19-12-6-13-20-25;/h3-13,15-20,22,26H,2,14,21H2,1H3;1H/q+1;/p-1/b7-3-;/t22-;/m1./s1. The Hall–Kier alpha value is -1.73. The molecule has 3 heteroatoms. The first-order valence-electron chi connectivity index (χ1n) is 9.65. The van der Waals surface area contributed by atoms with Crippen molar-refractivity contribution in [2.45, 2.75) is 25.9 Å². The van der Waals surface area contributed by atoms with E-state index in [0.717, 1.165) is 12.6 Å². The number of aliphatic hydroxyl groups excluding tert-OH is 1. The third kappa shape index (κ3) is 5.20. The van der Waals surface area contributed by atoms with E-state index in [0.29, 0.717) is 6.42 Å². The van der Waals surface area contributed by atoms with E-state index in [-0.39, 0.29) is 23.1 Å². The number of halogens is 1. The fourth-order valence-corrected chi connectivity index (χ4v) is 7.97. The van der Waals surface area contributed by atoms with Crippen molar-refractivity contribution >= 4 is 23.2 Å². The second-order valence-electron chi connectivity index (χ2n) is 6.77. The molecule has 146 valence electrons. The first kappa shape index (κ1) is 22.6. The van der Waals surface area contributed by atoms with E-state index in [1.165, 1.54) is 15.9 Å². The Kier molecular flexibility index (Phi) is 9.12. The van der Waals surface area contributed by atoms with E-state index in [1.54, 1.807) is 0 Å². The van der Waals surface area contributed by atoms with Crippen molar-refractivity contribution in [1.82, 2.24) is 0 Å². The second kappa shape index (κ2) is 11.3. The van der Waals surface area contributed by atoms with Crippen LogP contribution in [0.2, 0.25) is 0 Å². The highest BCUT2D eigenvalue weighted by Gasteiger charge is 2.46. The SMILES string of the molecule is CC/C=C\C[C@@H](O)C[P+](c1ccccc1)(c1ccccc1)c1ccccc1.[Br-]. The van der Waals surface area contributed by atoms with Gasteiger partial charge in [0.2, 0.25) is 0 Å². The molecule has 0 saturated heterocycles. The van der Waals surface area contributed by atoms with Gasteiger partial charge in [-0.3, -0.25) is 0 Å². The molecule has 0 aliphatic rings. The first-order valence-corrected chi connectivity index (χ1v) is 11.6. The molecule has 0 aliphatic carbocycles. The molecular weight excluding hydrogens is 427 g/mol. The number of benzene rings is 3. The number of allylic oxidation sites excluding steroid dienone is 1. The van der Waals surface area contributed by atoms with Gasteiger partial charge in [0.1, 0.15) is 23.2 Å². The maximum atomic E-state index is 11.0. The van der Waals surface area contributed by atoms with Crippen LogP contribution >= 0.6 is 7.26 Å². The molecule has 1 N–H and O–H groups in total. The van der Waals surface area contributed by atoms with Gasteiger partial charge in [-0.05, 0) is 49.2 Å². The van der Waals surface area contributed by atoms with Crippen LogP contribution in [0.5, 0.6) is 0 Å². The normalized spacial score (nSPS) is 12.5. The van der Waals surface area contributed by atoms with Crippen LogP contribution in [0.15, 0.2) is 103 Å². The Morgan fingerprint density at radius 2 is 1.11 bits per heavy atom. The molecule has 0 spiro atoms. The zero-order valence-electron chi connectivity index (χ0n) is 16.3. The number of hydrogen-bond acceptors (Lipinski definition) is 1. The fraction of sp³-hybridized carbons (Fsp3) is 0.200. The first-order chi connectivity index (χ1) is 13.3. The van der Waals surface area contributed by atoms with Crippen molar-refractivity contribution in [1.29, 1.82) is 0 Å². The second-order valence-corrected chi connectivity index (χ2v) is 10.3. The predicted octanol–water partition coefficient (Wildman–Crippen LogP) is 1.70. The molecule has 1 nitrogen and oxygen atoms in total. The molecule has 0 amide bonds. The average molecular weight is 455 g/mol. The van der Waals surface area contributed by atoms with Crippen molar-refractivity contribution in [3.8, 4) is 0 Å². The molecule has 3 aromatic rings. The van der Waals surface area contributed by atoms with Crippen molar-refractivity contribution < 1.29 is 22.1 Å². The topological polar surface area (TPSA) is 20.2 Å². The summed E-state index contributed by atoms with van der Waals surface area (Å²) >= 11 is 0. The number of aliphatic hydroxyl groups is 1. The van der Waals surface area contributed by atoms with Gasteiger partial charge in [0.15, 0.2) is 0 Å². The van der Waals surface area contributed by atoms with Crippen molar-refractivity contribution in [2.75, 3.05) is 6.16 Å². The van der Waals surface area contributed by atoms with E-state index >= 15 is 0 Å². The Morgan fingerprint density at radius 3 is 1.46 bits per heavy atom. The van der Waals surface area contributed by atoms with E-state index in [1.807, 2.05) is 0 Å². The van der Waals surface area contributed by atoms with Crippen LogP contribution in [-0.2, 0) is 0 Å². The molecule has 0 radical (unpaired) electrons. The molecule has 0 aliphatic heterocycles. The van der Waals surface area contributed by atoms with Gasteiger partial charge < -0.3 is 22.1 Å². The Morgan fingerprint density at radius 1 is 0.714 bits per heavy atom. The summed E-state index contributed by atoms with van der Waals surface area (Å²) < 4.78 is 0. The summed E-state index contributed by atoms with van der Waals surface area (Å²) in [5.74, 6) is 0. The molecular formula is C25H28BrOP. The quantitative estimate of drug-likeness (QED) is 0.405. The Balaban J connectivity index is 0.00000280. The zero-order valence-corrected chi connectivity index (χ0v) is 18.8. The highest BCUT2D eigenvalue weighted by molar-refractivity contribution is 7.95. The van der Waals surface area contributed by atoms with Crippen molar-refractivity contribution in [3.63, 3.8) is 0 Å². The smallest absolute Gasteiger partial charge is 0.114 e. The molecule has 0 bridgehead atoms. The van der Waals surface area contributed by atoms with Gasteiger partial charge in [-0.15, -0.1) is 0 Å². The summed E-state index contributed by atoms with van der Waals surface area (Å²) in [7, 11) is -1.94. The minimum Gasteiger partial charge on any atom is -1.00 e.